The SMILES string of the molecule is OCC(F)=Cc1cc(-c2cccnc2)cs1. The van der Waals surface area contributed by atoms with Crippen molar-refractivity contribution < 1.29 is 9.50 Å². The van der Waals surface area contributed by atoms with Crippen LogP contribution in [0, 0.1) is 0 Å². The van der Waals surface area contributed by atoms with Gasteiger partial charge in [0.05, 0.1) is 6.61 Å². The average molecular weight is 235 g/mol. The second kappa shape index (κ2) is 5.01. The summed E-state index contributed by atoms with van der Waals surface area (Å²) in [5, 5.41) is 10.5. The van der Waals surface area contributed by atoms with Gasteiger partial charge in [0.2, 0.25) is 0 Å². The minimum Gasteiger partial charge on any atom is -0.389 e. The van der Waals surface area contributed by atoms with Gasteiger partial charge in [-0.3, -0.25) is 4.98 Å². The van der Waals surface area contributed by atoms with E-state index in [0.29, 0.717) is 0 Å². The normalized spacial score (nSPS) is 11.8. The average Bonchev–Trinajstić information content (AvgIpc) is 2.78. The van der Waals surface area contributed by atoms with Crippen molar-refractivity contribution in [3.8, 4) is 11.1 Å². The molecule has 0 aliphatic heterocycles. The van der Waals surface area contributed by atoms with Crippen LogP contribution >= 0.6 is 11.3 Å². The molecule has 2 aromatic rings. The van der Waals surface area contributed by atoms with Crippen LogP contribution in [-0.2, 0) is 0 Å². The fourth-order valence-electron chi connectivity index (χ4n) is 1.31. The van der Waals surface area contributed by atoms with Gasteiger partial charge < -0.3 is 5.11 Å². The number of hydrogen-bond donors (Lipinski definition) is 1. The number of rotatable bonds is 3. The van der Waals surface area contributed by atoms with Crippen LogP contribution in [0.5, 0.6) is 0 Å². The Hall–Kier alpha value is -1.52. The highest BCUT2D eigenvalue weighted by atomic mass is 32.1. The Morgan fingerprint density at radius 3 is 3.06 bits per heavy atom. The molecule has 4 heteroatoms. The first-order valence-corrected chi connectivity index (χ1v) is 5.63. The van der Waals surface area contributed by atoms with Crippen LogP contribution in [0.2, 0.25) is 0 Å². The van der Waals surface area contributed by atoms with Crippen LogP contribution in [0.1, 0.15) is 4.88 Å². The zero-order valence-electron chi connectivity index (χ0n) is 8.43. The number of aromatic nitrogens is 1. The first kappa shape index (κ1) is 11.0. The van der Waals surface area contributed by atoms with Crippen LogP contribution in [0.4, 0.5) is 4.39 Å². The van der Waals surface area contributed by atoms with Crippen LogP contribution in [0.15, 0.2) is 41.8 Å². The van der Waals surface area contributed by atoms with Gasteiger partial charge in [-0.05, 0) is 29.2 Å². The molecule has 2 rings (SSSR count). The molecule has 0 radical (unpaired) electrons. The lowest BCUT2D eigenvalue weighted by Gasteiger charge is -1.93. The van der Waals surface area contributed by atoms with Crippen LogP contribution in [-0.4, -0.2) is 16.7 Å². The summed E-state index contributed by atoms with van der Waals surface area (Å²) in [6.07, 6.45) is 4.81. The summed E-state index contributed by atoms with van der Waals surface area (Å²) in [4.78, 5) is 4.81. The number of halogens is 1. The summed E-state index contributed by atoms with van der Waals surface area (Å²) in [5.41, 5.74) is 2.01. The van der Waals surface area contributed by atoms with Gasteiger partial charge in [0, 0.05) is 22.8 Å². The second-order valence-corrected chi connectivity index (χ2v) is 4.17. The second-order valence-electron chi connectivity index (χ2n) is 3.23. The summed E-state index contributed by atoms with van der Waals surface area (Å²) in [6.45, 7) is -0.555. The van der Waals surface area contributed by atoms with Crippen molar-refractivity contribution in [2.45, 2.75) is 0 Å². The molecule has 0 spiro atoms. The molecular formula is C12H10FNOS. The van der Waals surface area contributed by atoms with Gasteiger partial charge in [0.1, 0.15) is 5.83 Å². The molecule has 0 unspecified atom stereocenters. The molecule has 0 aromatic carbocycles. The van der Waals surface area contributed by atoms with Gasteiger partial charge >= 0.3 is 0 Å². The highest BCUT2D eigenvalue weighted by Gasteiger charge is 2.01. The first-order valence-electron chi connectivity index (χ1n) is 4.75. The molecule has 0 bridgehead atoms. The lowest BCUT2D eigenvalue weighted by atomic mass is 10.1. The van der Waals surface area contributed by atoms with Gasteiger partial charge in [-0.1, -0.05) is 6.07 Å². The largest absolute Gasteiger partial charge is 0.389 e. The van der Waals surface area contributed by atoms with Crippen molar-refractivity contribution in [2.75, 3.05) is 6.61 Å². The number of pyridine rings is 1. The monoisotopic (exact) mass is 235 g/mol. The Morgan fingerprint density at radius 2 is 2.38 bits per heavy atom. The standard InChI is InChI=1S/C12H10FNOS/c13-11(7-15)5-12-4-10(8-16-12)9-2-1-3-14-6-9/h1-6,8,15H,7H2. The van der Waals surface area contributed by atoms with E-state index in [1.807, 2.05) is 23.6 Å². The van der Waals surface area contributed by atoms with Gasteiger partial charge in [-0.15, -0.1) is 11.3 Å². The lowest BCUT2D eigenvalue weighted by molar-refractivity contribution is 0.300. The smallest absolute Gasteiger partial charge is 0.127 e. The fraction of sp³-hybridized carbons (Fsp3) is 0.0833. The summed E-state index contributed by atoms with van der Waals surface area (Å²) < 4.78 is 12.8. The molecule has 0 amide bonds. The van der Waals surface area contributed by atoms with E-state index in [9.17, 15) is 4.39 Å². The molecule has 2 nitrogen and oxygen atoms in total. The third kappa shape index (κ3) is 2.53. The quantitative estimate of drug-likeness (QED) is 0.886. The topological polar surface area (TPSA) is 33.1 Å². The Kier molecular flexibility index (Phi) is 3.44. The Balaban J connectivity index is 2.27. The maximum absolute atomic E-state index is 12.8. The van der Waals surface area contributed by atoms with Crippen molar-refractivity contribution in [3.63, 3.8) is 0 Å². The minimum atomic E-state index is -0.555. The molecule has 0 aliphatic rings. The van der Waals surface area contributed by atoms with Gasteiger partial charge in [0.25, 0.3) is 0 Å². The molecule has 0 atom stereocenters. The third-order valence-electron chi connectivity index (χ3n) is 2.06. The van der Waals surface area contributed by atoms with Crippen LogP contribution in [0.3, 0.4) is 0 Å². The molecule has 2 aromatic heterocycles. The van der Waals surface area contributed by atoms with E-state index >= 15 is 0 Å². The zero-order chi connectivity index (χ0) is 11.4. The van der Waals surface area contributed by atoms with Crippen LogP contribution < -0.4 is 0 Å². The number of thiophene rings is 1. The van der Waals surface area contributed by atoms with E-state index in [1.165, 1.54) is 17.4 Å². The first-order chi connectivity index (χ1) is 7.79. The fourth-order valence-corrected chi connectivity index (χ4v) is 2.17. The minimum absolute atomic E-state index is 0.528. The number of hydrogen-bond acceptors (Lipinski definition) is 3. The molecule has 0 saturated heterocycles. The highest BCUT2D eigenvalue weighted by Crippen LogP contribution is 2.26. The molecule has 0 aliphatic carbocycles. The van der Waals surface area contributed by atoms with E-state index in [0.717, 1.165) is 16.0 Å². The lowest BCUT2D eigenvalue weighted by Crippen LogP contribution is -1.79. The van der Waals surface area contributed by atoms with E-state index < -0.39 is 12.4 Å². The summed E-state index contributed by atoms with van der Waals surface area (Å²) >= 11 is 1.43. The van der Waals surface area contributed by atoms with Gasteiger partial charge in [-0.25, -0.2) is 4.39 Å². The van der Waals surface area contributed by atoms with Gasteiger partial charge in [0.15, 0.2) is 0 Å². The number of aliphatic hydroxyl groups excluding tert-OH is 1. The molecule has 82 valence electrons. The molecular weight excluding hydrogens is 225 g/mol. The summed E-state index contributed by atoms with van der Waals surface area (Å²) in [5.74, 6) is -0.528. The van der Waals surface area contributed by atoms with Crippen molar-refractivity contribution in [3.05, 3.63) is 46.7 Å². The maximum atomic E-state index is 12.8. The van der Waals surface area contributed by atoms with Crippen molar-refractivity contribution >= 4 is 17.4 Å². The number of aliphatic hydroxyl groups is 1. The van der Waals surface area contributed by atoms with Crippen molar-refractivity contribution in [1.29, 1.82) is 0 Å². The van der Waals surface area contributed by atoms with E-state index in [4.69, 9.17) is 5.11 Å². The predicted octanol–water partition coefficient (Wildman–Crippen LogP) is 3.11. The van der Waals surface area contributed by atoms with Gasteiger partial charge in [-0.2, -0.15) is 0 Å². The Labute approximate surface area is 96.7 Å². The number of nitrogens with zero attached hydrogens (tertiary/aromatic N) is 1. The van der Waals surface area contributed by atoms with Crippen molar-refractivity contribution in [2.24, 2.45) is 0 Å². The summed E-state index contributed by atoms with van der Waals surface area (Å²) in [7, 11) is 0. The van der Waals surface area contributed by atoms with Crippen molar-refractivity contribution in [1.82, 2.24) is 4.98 Å². The van der Waals surface area contributed by atoms with E-state index in [1.54, 1.807) is 12.4 Å². The van der Waals surface area contributed by atoms with Crippen LogP contribution in [0.25, 0.3) is 17.2 Å². The Bertz CT molecular complexity index is 493. The molecule has 0 fully saturated rings. The molecule has 2 heterocycles. The predicted molar refractivity (Wildman–Crippen MR) is 63.7 cm³/mol. The molecule has 1 N–H and O–H groups in total. The van der Waals surface area contributed by atoms with E-state index in [2.05, 4.69) is 4.98 Å². The maximum Gasteiger partial charge on any atom is 0.127 e. The Morgan fingerprint density at radius 1 is 1.50 bits per heavy atom. The summed E-state index contributed by atoms with van der Waals surface area (Å²) in [6, 6.07) is 5.68. The molecule has 16 heavy (non-hydrogen) atoms. The van der Waals surface area contributed by atoms with E-state index in [-0.39, 0.29) is 0 Å². The molecule has 0 saturated carbocycles. The zero-order valence-corrected chi connectivity index (χ0v) is 9.25. The highest BCUT2D eigenvalue weighted by molar-refractivity contribution is 7.11. The third-order valence-corrected chi connectivity index (χ3v) is 2.94.